The molecule has 0 aliphatic carbocycles. The van der Waals surface area contributed by atoms with E-state index in [-0.39, 0.29) is 24.0 Å². The van der Waals surface area contributed by atoms with Gasteiger partial charge in [-0.15, -0.1) is 11.8 Å². The van der Waals surface area contributed by atoms with Gasteiger partial charge in [-0.05, 0) is 37.0 Å². The van der Waals surface area contributed by atoms with Crippen molar-refractivity contribution in [1.82, 2.24) is 9.99 Å². The van der Waals surface area contributed by atoms with Crippen molar-refractivity contribution in [2.75, 3.05) is 18.5 Å². The van der Waals surface area contributed by atoms with Gasteiger partial charge in [0.15, 0.2) is 5.84 Å². The number of nitrogens with zero attached hydrogens (tertiary/aromatic N) is 3. The molecule has 0 spiro atoms. The molecule has 0 unspecified atom stereocenters. The summed E-state index contributed by atoms with van der Waals surface area (Å²) in [7, 11) is 0. The number of pyridine rings is 1. The summed E-state index contributed by atoms with van der Waals surface area (Å²) in [6.45, 7) is 1.44. The number of aromatic nitrogens is 1. The number of benzene rings is 1. The van der Waals surface area contributed by atoms with Gasteiger partial charge >= 0.3 is 0 Å². The molecule has 8 heteroatoms. The third kappa shape index (κ3) is 4.49. The summed E-state index contributed by atoms with van der Waals surface area (Å²) in [5.41, 5.74) is 8.35. The topological polar surface area (TPSA) is 107 Å². The van der Waals surface area contributed by atoms with Gasteiger partial charge < -0.3 is 11.6 Å². The summed E-state index contributed by atoms with van der Waals surface area (Å²) in [6, 6.07) is 9.78. The van der Waals surface area contributed by atoms with Crippen LogP contribution in [-0.4, -0.2) is 28.6 Å². The van der Waals surface area contributed by atoms with Crippen LogP contribution in [-0.2, 0) is 0 Å². The van der Waals surface area contributed by atoms with Crippen molar-refractivity contribution in [3.05, 3.63) is 54.0 Å². The monoisotopic (exact) mass is 360 g/mol. The number of hydrazone groups is 1. The van der Waals surface area contributed by atoms with Crippen molar-refractivity contribution in [2.24, 2.45) is 16.8 Å². The highest BCUT2D eigenvalue weighted by atomic mass is 32.2. The summed E-state index contributed by atoms with van der Waals surface area (Å²) >= 11 is 1.63. The lowest BCUT2D eigenvalue weighted by molar-refractivity contribution is 0.480. The van der Waals surface area contributed by atoms with Crippen LogP contribution in [0.1, 0.15) is 12.5 Å². The molecular formula is C17H21FN6S. The van der Waals surface area contributed by atoms with E-state index >= 15 is 0 Å². The van der Waals surface area contributed by atoms with E-state index in [9.17, 15) is 4.39 Å². The van der Waals surface area contributed by atoms with E-state index in [0.29, 0.717) is 5.56 Å². The number of thioether (sulfide) groups is 1. The zero-order valence-corrected chi connectivity index (χ0v) is 14.9. The minimum absolute atomic E-state index is 0.101. The van der Waals surface area contributed by atoms with E-state index in [0.717, 1.165) is 16.0 Å². The van der Waals surface area contributed by atoms with Gasteiger partial charge in [0.2, 0.25) is 0 Å². The Hall–Kier alpha value is -2.58. The average molecular weight is 360 g/mol. The van der Waals surface area contributed by atoms with Crippen LogP contribution >= 0.6 is 11.8 Å². The molecule has 0 saturated heterocycles. The van der Waals surface area contributed by atoms with Crippen molar-refractivity contribution < 1.29 is 4.39 Å². The Morgan fingerprint density at radius 3 is 2.76 bits per heavy atom. The second-order valence-corrected chi connectivity index (χ2v) is 6.10. The van der Waals surface area contributed by atoms with Gasteiger partial charge in [-0.2, -0.15) is 5.10 Å². The van der Waals surface area contributed by atoms with Gasteiger partial charge in [-0.3, -0.25) is 5.01 Å². The molecule has 0 fully saturated rings. The van der Waals surface area contributed by atoms with Gasteiger partial charge in [0.25, 0.3) is 0 Å². The van der Waals surface area contributed by atoms with Gasteiger partial charge in [-0.1, -0.05) is 18.2 Å². The normalized spacial score (nSPS) is 12.3. The van der Waals surface area contributed by atoms with Gasteiger partial charge in [0.05, 0.1) is 17.9 Å². The number of hydrogen-bond donors (Lipinski definition) is 3. The van der Waals surface area contributed by atoms with Crippen LogP contribution in [0.15, 0.2) is 58.4 Å². The number of halogens is 1. The molecule has 2 aromatic rings. The smallest absolute Gasteiger partial charge is 0.173 e. The van der Waals surface area contributed by atoms with Crippen molar-refractivity contribution in [1.29, 1.82) is 0 Å². The first-order valence-corrected chi connectivity index (χ1v) is 8.72. The lowest BCUT2D eigenvalue weighted by Gasteiger charge is -2.20. The van der Waals surface area contributed by atoms with E-state index < -0.39 is 0 Å². The van der Waals surface area contributed by atoms with E-state index in [4.69, 9.17) is 17.4 Å². The van der Waals surface area contributed by atoms with E-state index in [1.807, 2.05) is 36.6 Å². The molecule has 132 valence electrons. The number of nitrogens with two attached hydrogens (primary N) is 3. The predicted molar refractivity (Wildman–Crippen MR) is 102 cm³/mol. The second kappa shape index (κ2) is 8.50. The molecule has 25 heavy (non-hydrogen) atoms. The summed E-state index contributed by atoms with van der Waals surface area (Å²) in [5.74, 6) is 11.6. The first-order valence-electron chi connectivity index (χ1n) is 7.49. The van der Waals surface area contributed by atoms with Gasteiger partial charge in [-0.25, -0.2) is 15.2 Å². The highest BCUT2D eigenvalue weighted by Gasteiger charge is 2.16. The highest BCUT2D eigenvalue weighted by Crippen LogP contribution is 2.31. The number of hydrogen-bond acceptors (Lipinski definition) is 6. The standard InChI is InChI=1S/C17H21FN6S/c1-11(18)7-8-24(21)17(23-20)14-9-12(10-22-16(14)19)13-5-3-4-6-15(13)25-2/h3-7,9-10H,8,20-21H2,1-2H3,(H2,19,22)/b11-7+,23-17-. The molecule has 6 N–H and O–H groups in total. The van der Waals surface area contributed by atoms with E-state index in [1.165, 1.54) is 18.0 Å². The summed E-state index contributed by atoms with van der Waals surface area (Å²) in [5, 5.41) is 4.94. The fourth-order valence-corrected chi connectivity index (χ4v) is 2.91. The van der Waals surface area contributed by atoms with E-state index in [1.54, 1.807) is 18.0 Å². The zero-order chi connectivity index (χ0) is 18.4. The number of rotatable bonds is 5. The third-order valence-electron chi connectivity index (χ3n) is 3.54. The maximum absolute atomic E-state index is 12.9. The van der Waals surface area contributed by atoms with E-state index in [2.05, 4.69) is 10.1 Å². The summed E-state index contributed by atoms with van der Waals surface area (Å²) in [6.07, 6.45) is 5.01. The van der Waals surface area contributed by atoms with Crippen LogP contribution in [0, 0.1) is 0 Å². The lowest BCUT2D eigenvalue weighted by Crippen LogP contribution is -2.39. The Balaban J connectivity index is 2.46. The molecular weight excluding hydrogens is 339 g/mol. The molecule has 0 aliphatic rings. The molecule has 0 bridgehead atoms. The molecule has 0 saturated carbocycles. The fourth-order valence-electron chi connectivity index (χ4n) is 2.29. The number of allylic oxidation sites excluding steroid dienone is 1. The molecule has 0 aliphatic heterocycles. The average Bonchev–Trinajstić information content (AvgIpc) is 2.62. The highest BCUT2D eigenvalue weighted by molar-refractivity contribution is 7.98. The molecule has 6 nitrogen and oxygen atoms in total. The van der Waals surface area contributed by atoms with Crippen LogP contribution in [0.4, 0.5) is 10.2 Å². The zero-order valence-electron chi connectivity index (χ0n) is 14.1. The van der Waals surface area contributed by atoms with Gasteiger partial charge in [0.1, 0.15) is 5.82 Å². The quantitative estimate of drug-likeness (QED) is 0.249. The van der Waals surface area contributed by atoms with Crippen molar-refractivity contribution in [2.45, 2.75) is 11.8 Å². The number of amidine groups is 1. The number of hydrazine groups is 1. The SMILES string of the molecule is CSc1ccccc1-c1cnc(N)c(/C(=N/N)N(N)C/C=C(\C)F)c1. The van der Waals surface area contributed by atoms with Crippen LogP contribution in [0.25, 0.3) is 11.1 Å². The summed E-state index contributed by atoms with van der Waals surface area (Å²) in [4.78, 5) is 5.34. The Labute approximate surface area is 150 Å². The van der Waals surface area contributed by atoms with Crippen LogP contribution in [0.3, 0.4) is 0 Å². The van der Waals surface area contributed by atoms with Crippen molar-refractivity contribution in [3.63, 3.8) is 0 Å². The first kappa shape index (κ1) is 18.8. The molecule has 0 amide bonds. The Bertz CT molecular complexity index is 801. The molecule has 1 aromatic heterocycles. The fraction of sp³-hybridized carbons (Fsp3) is 0.176. The van der Waals surface area contributed by atoms with Crippen molar-refractivity contribution >= 4 is 23.4 Å². The minimum atomic E-state index is -0.347. The Morgan fingerprint density at radius 2 is 2.12 bits per heavy atom. The predicted octanol–water partition coefficient (Wildman–Crippen LogP) is 2.72. The maximum atomic E-state index is 12.9. The largest absolute Gasteiger partial charge is 0.383 e. The Morgan fingerprint density at radius 1 is 1.40 bits per heavy atom. The molecule has 1 aromatic carbocycles. The van der Waals surface area contributed by atoms with Crippen LogP contribution in [0.5, 0.6) is 0 Å². The first-order chi connectivity index (χ1) is 12.0. The minimum Gasteiger partial charge on any atom is -0.383 e. The molecule has 0 radical (unpaired) electrons. The maximum Gasteiger partial charge on any atom is 0.173 e. The van der Waals surface area contributed by atoms with Crippen molar-refractivity contribution in [3.8, 4) is 11.1 Å². The van der Waals surface area contributed by atoms with Crippen LogP contribution in [0.2, 0.25) is 0 Å². The Kier molecular flexibility index (Phi) is 6.37. The van der Waals surface area contributed by atoms with Crippen LogP contribution < -0.4 is 17.4 Å². The molecule has 2 rings (SSSR count). The molecule has 0 atom stereocenters. The lowest BCUT2D eigenvalue weighted by atomic mass is 10.0. The number of anilines is 1. The summed E-state index contributed by atoms with van der Waals surface area (Å²) < 4.78 is 12.9. The third-order valence-corrected chi connectivity index (χ3v) is 4.34. The molecule has 1 heterocycles. The van der Waals surface area contributed by atoms with Gasteiger partial charge in [0, 0.05) is 16.7 Å². The second-order valence-electron chi connectivity index (χ2n) is 5.25. The number of nitrogen functional groups attached to an aromatic ring is 1.